The van der Waals surface area contributed by atoms with Gasteiger partial charge in [-0.05, 0) is 59.1 Å². The molecule has 2 heterocycles. The van der Waals surface area contributed by atoms with Crippen molar-refractivity contribution in [3.8, 4) is 0 Å². The number of aromatic nitrogens is 2. The van der Waals surface area contributed by atoms with Crippen LogP contribution in [0.4, 0.5) is 5.69 Å². The first kappa shape index (κ1) is 19.4. The number of benzene rings is 1. The summed E-state index contributed by atoms with van der Waals surface area (Å²) in [7, 11) is 0. The van der Waals surface area contributed by atoms with E-state index in [9.17, 15) is 9.59 Å². The lowest BCUT2D eigenvalue weighted by molar-refractivity contribution is 0.0891. The molecule has 1 aliphatic rings. The summed E-state index contributed by atoms with van der Waals surface area (Å²) in [5.41, 5.74) is 0.287. The second-order valence-corrected chi connectivity index (χ2v) is 7.80. The number of rotatable bonds is 5. The summed E-state index contributed by atoms with van der Waals surface area (Å²) in [6, 6.07) is 9.93. The molecule has 0 aliphatic heterocycles. The maximum absolute atomic E-state index is 13.0. The molecule has 2 aromatic heterocycles. The first-order valence-electron chi connectivity index (χ1n) is 9.25. The molecule has 0 spiro atoms. The third kappa shape index (κ3) is 4.09. The smallest absolute Gasteiger partial charge is 0.291 e. The summed E-state index contributed by atoms with van der Waals surface area (Å²) in [6.45, 7) is 1.73. The maximum atomic E-state index is 13.0. The van der Waals surface area contributed by atoms with E-state index >= 15 is 0 Å². The quantitative estimate of drug-likeness (QED) is 0.592. The highest BCUT2D eigenvalue weighted by Gasteiger charge is 2.41. The zero-order valence-corrected chi connectivity index (χ0v) is 17.3. The second kappa shape index (κ2) is 7.82. The molecule has 1 aromatic carbocycles. The average molecular weight is 459 g/mol. The zero-order chi connectivity index (χ0) is 20.4. The molecule has 29 heavy (non-hydrogen) atoms. The van der Waals surface area contributed by atoms with Crippen LogP contribution in [0.3, 0.4) is 0 Å². The van der Waals surface area contributed by atoms with Gasteiger partial charge in [0.05, 0.1) is 0 Å². The van der Waals surface area contributed by atoms with Gasteiger partial charge in [-0.3, -0.25) is 9.59 Å². The predicted octanol–water partition coefficient (Wildman–Crippen LogP) is 4.19. The highest BCUT2D eigenvalue weighted by Crippen LogP contribution is 2.37. The summed E-state index contributed by atoms with van der Waals surface area (Å²) in [5.74, 6) is 0.488. The Balaban J connectivity index is 1.51. The third-order valence-corrected chi connectivity index (χ3v) is 5.37. The fourth-order valence-electron chi connectivity index (χ4n) is 3.53. The Labute approximate surface area is 175 Å². The molecule has 0 saturated heterocycles. The summed E-state index contributed by atoms with van der Waals surface area (Å²) in [6.07, 6.45) is 3.45. The minimum absolute atomic E-state index is 0.170. The van der Waals surface area contributed by atoms with E-state index in [4.69, 9.17) is 8.94 Å². The van der Waals surface area contributed by atoms with E-state index in [2.05, 4.69) is 36.7 Å². The Bertz CT molecular complexity index is 1050. The van der Waals surface area contributed by atoms with Crippen LogP contribution in [-0.2, 0) is 5.54 Å². The summed E-state index contributed by atoms with van der Waals surface area (Å²) < 4.78 is 10.8. The van der Waals surface area contributed by atoms with Gasteiger partial charge in [-0.1, -0.05) is 24.1 Å². The van der Waals surface area contributed by atoms with Gasteiger partial charge in [0.1, 0.15) is 5.54 Å². The van der Waals surface area contributed by atoms with Gasteiger partial charge in [0.25, 0.3) is 11.8 Å². The number of hydrogen-bond acceptors (Lipinski definition) is 6. The molecular formula is C20H19BrN4O4. The standard InChI is InChI=1S/C20H19BrN4O4/c1-12-22-19(25-29-12)20(9-2-3-10-20)24-17(26)13-5-4-6-14(11-13)23-18(27)15-7-8-16(21)28-15/h4-8,11H,2-3,9-10H2,1H3,(H,23,27)(H,24,26). The van der Waals surface area contributed by atoms with Gasteiger partial charge < -0.3 is 19.6 Å². The largest absolute Gasteiger partial charge is 0.444 e. The first-order chi connectivity index (χ1) is 13.9. The summed E-state index contributed by atoms with van der Waals surface area (Å²) in [4.78, 5) is 29.6. The number of anilines is 1. The molecule has 2 amide bonds. The van der Waals surface area contributed by atoms with Crippen molar-refractivity contribution in [3.05, 3.63) is 64.1 Å². The van der Waals surface area contributed by atoms with Crippen LogP contribution in [0, 0.1) is 6.92 Å². The zero-order valence-electron chi connectivity index (χ0n) is 15.7. The number of amides is 2. The molecule has 0 bridgehead atoms. The Morgan fingerprint density at radius 3 is 2.59 bits per heavy atom. The molecule has 0 radical (unpaired) electrons. The van der Waals surface area contributed by atoms with E-state index in [1.165, 1.54) is 0 Å². The number of aryl methyl sites for hydroxylation is 1. The number of furan rings is 1. The molecule has 150 valence electrons. The van der Waals surface area contributed by atoms with Crippen molar-refractivity contribution in [2.24, 2.45) is 0 Å². The van der Waals surface area contributed by atoms with Gasteiger partial charge in [-0.15, -0.1) is 0 Å². The first-order valence-corrected chi connectivity index (χ1v) is 10.0. The van der Waals surface area contributed by atoms with Crippen molar-refractivity contribution in [3.63, 3.8) is 0 Å². The van der Waals surface area contributed by atoms with Crippen LogP contribution in [0.25, 0.3) is 0 Å². The number of nitrogens with one attached hydrogen (secondary N) is 2. The highest BCUT2D eigenvalue weighted by molar-refractivity contribution is 9.10. The lowest BCUT2D eigenvalue weighted by atomic mass is 9.96. The van der Waals surface area contributed by atoms with Crippen molar-refractivity contribution in [2.45, 2.75) is 38.1 Å². The van der Waals surface area contributed by atoms with E-state index in [1.54, 1.807) is 43.3 Å². The molecule has 2 N–H and O–H groups in total. The number of halogens is 1. The van der Waals surface area contributed by atoms with Crippen LogP contribution in [0.5, 0.6) is 0 Å². The molecule has 0 unspecified atom stereocenters. The van der Waals surface area contributed by atoms with Crippen molar-refractivity contribution < 1.29 is 18.5 Å². The molecule has 9 heteroatoms. The highest BCUT2D eigenvalue weighted by atomic mass is 79.9. The Kier molecular flexibility index (Phi) is 5.23. The molecule has 3 aromatic rings. The van der Waals surface area contributed by atoms with E-state index in [0.717, 1.165) is 25.7 Å². The van der Waals surface area contributed by atoms with Gasteiger partial charge in [0, 0.05) is 18.2 Å². The number of carbonyl (C=O) groups excluding carboxylic acids is 2. The monoisotopic (exact) mass is 458 g/mol. The molecule has 0 atom stereocenters. The summed E-state index contributed by atoms with van der Waals surface area (Å²) >= 11 is 3.17. The van der Waals surface area contributed by atoms with Crippen molar-refractivity contribution in [1.29, 1.82) is 0 Å². The number of nitrogens with zero attached hydrogens (tertiary/aromatic N) is 2. The van der Waals surface area contributed by atoms with E-state index < -0.39 is 11.4 Å². The molecule has 1 saturated carbocycles. The van der Waals surface area contributed by atoms with Crippen LogP contribution >= 0.6 is 15.9 Å². The molecule has 8 nitrogen and oxygen atoms in total. The van der Waals surface area contributed by atoms with Crippen LogP contribution in [-0.4, -0.2) is 22.0 Å². The van der Waals surface area contributed by atoms with Crippen molar-refractivity contribution in [2.75, 3.05) is 5.32 Å². The van der Waals surface area contributed by atoms with Crippen molar-refractivity contribution in [1.82, 2.24) is 15.5 Å². The minimum Gasteiger partial charge on any atom is -0.444 e. The fourth-order valence-corrected chi connectivity index (χ4v) is 3.84. The van der Waals surface area contributed by atoms with E-state index in [1.807, 2.05) is 0 Å². The van der Waals surface area contributed by atoms with Gasteiger partial charge in [0.2, 0.25) is 5.89 Å². The van der Waals surface area contributed by atoms with Crippen LogP contribution in [0.2, 0.25) is 0 Å². The van der Waals surface area contributed by atoms with Crippen LogP contribution < -0.4 is 10.6 Å². The number of hydrogen-bond donors (Lipinski definition) is 2. The van der Waals surface area contributed by atoms with Gasteiger partial charge in [0.15, 0.2) is 16.3 Å². The van der Waals surface area contributed by atoms with E-state index in [-0.39, 0.29) is 11.7 Å². The lowest BCUT2D eigenvalue weighted by Gasteiger charge is -2.26. The number of carbonyl (C=O) groups is 2. The fraction of sp³-hybridized carbons (Fsp3) is 0.300. The molecular weight excluding hydrogens is 440 g/mol. The average Bonchev–Trinajstić information content (AvgIpc) is 3.44. The SMILES string of the molecule is Cc1nc(C2(NC(=O)c3cccc(NC(=O)c4ccc(Br)o4)c3)CCCC2)no1. The molecule has 1 aliphatic carbocycles. The van der Waals surface area contributed by atoms with Crippen LogP contribution in [0.15, 0.2) is 50.0 Å². The third-order valence-electron chi connectivity index (χ3n) is 4.95. The van der Waals surface area contributed by atoms with Gasteiger partial charge >= 0.3 is 0 Å². The lowest BCUT2D eigenvalue weighted by Crippen LogP contribution is -2.44. The molecule has 1 fully saturated rings. The Morgan fingerprint density at radius 1 is 1.14 bits per heavy atom. The second-order valence-electron chi connectivity index (χ2n) is 7.02. The normalized spacial score (nSPS) is 15.2. The van der Waals surface area contributed by atoms with Crippen LogP contribution in [0.1, 0.15) is 58.3 Å². The van der Waals surface area contributed by atoms with Gasteiger partial charge in [-0.2, -0.15) is 4.98 Å². The van der Waals surface area contributed by atoms with Gasteiger partial charge in [-0.25, -0.2) is 0 Å². The Morgan fingerprint density at radius 2 is 1.93 bits per heavy atom. The Hall–Kier alpha value is -2.94. The molecule has 4 rings (SSSR count). The maximum Gasteiger partial charge on any atom is 0.291 e. The van der Waals surface area contributed by atoms with Crippen molar-refractivity contribution >= 4 is 33.4 Å². The predicted molar refractivity (Wildman–Crippen MR) is 107 cm³/mol. The topological polar surface area (TPSA) is 110 Å². The summed E-state index contributed by atoms with van der Waals surface area (Å²) in [5, 5.41) is 9.86. The van der Waals surface area contributed by atoms with E-state index in [0.29, 0.717) is 27.6 Å². The minimum atomic E-state index is -0.630.